The maximum absolute atomic E-state index is 12.7. The Balaban J connectivity index is 1.76. The van der Waals surface area contributed by atoms with Crippen molar-refractivity contribution in [2.24, 2.45) is 0 Å². The van der Waals surface area contributed by atoms with Gasteiger partial charge in [0.25, 0.3) is 0 Å². The average Bonchev–Trinajstić information content (AvgIpc) is 2.66. The Kier molecular flexibility index (Phi) is 6.49. The number of nitrogens with zero attached hydrogens (tertiary/aromatic N) is 1. The Labute approximate surface area is 179 Å². The first-order valence-electron chi connectivity index (χ1n) is 8.97. The number of amides is 1. The highest BCUT2D eigenvalue weighted by Crippen LogP contribution is 2.32. The lowest BCUT2D eigenvalue weighted by Crippen LogP contribution is -2.42. The summed E-state index contributed by atoms with van der Waals surface area (Å²) in [6.07, 6.45) is 3.84. The molecule has 0 bridgehead atoms. The Morgan fingerprint density at radius 1 is 1.25 bits per heavy atom. The second kappa shape index (κ2) is 8.69. The van der Waals surface area contributed by atoms with Gasteiger partial charge in [0.1, 0.15) is 12.3 Å². The molecule has 0 saturated carbocycles. The molecule has 1 aliphatic carbocycles. The molecule has 0 heterocycles. The summed E-state index contributed by atoms with van der Waals surface area (Å²) in [7, 11) is -1.95. The molecule has 0 aliphatic heterocycles. The van der Waals surface area contributed by atoms with E-state index in [2.05, 4.69) is 27.9 Å². The molecule has 0 aromatic heterocycles. The van der Waals surface area contributed by atoms with Gasteiger partial charge in [0.05, 0.1) is 25.1 Å². The van der Waals surface area contributed by atoms with Crippen LogP contribution in [0.1, 0.15) is 30.0 Å². The van der Waals surface area contributed by atoms with E-state index in [9.17, 15) is 13.2 Å². The van der Waals surface area contributed by atoms with Crippen molar-refractivity contribution in [3.05, 3.63) is 57.2 Å². The average molecular weight is 514 g/mol. The number of rotatable bonds is 6. The predicted molar refractivity (Wildman–Crippen MR) is 118 cm³/mol. The van der Waals surface area contributed by atoms with E-state index in [1.54, 1.807) is 19.2 Å². The van der Waals surface area contributed by atoms with Gasteiger partial charge in [-0.25, -0.2) is 8.42 Å². The van der Waals surface area contributed by atoms with Gasteiger partial charge in [-0.1, -0.05) is 6.07 Å². The molecule has 1 unspecified atom stereocenters. The molecular weight excluding hydrogens is 491 g/mol. The normalized spacial score (nSPS) is 16.2. The summed E-state index contributed by atoms with van der Waals surface area (Å²) in [5.41, 5.74) is 2.71. The maximum atomic E-state index is 12.7. The third kappa shape index (κ3) is 4.96. The summed E-state index contributed by atoms with van der Waals surface area (Å²) in [6, 6.07) is 12.8. The van der Waals surface area contributed by atoms with Gasteiger partial charge in [0, 0.05) is 3.57 Å². The zero-order valence-corrected chi connectivity index (χ0v) is 18.8. The number of aryl methyl sites for hydroxylation is 1. The lowest BCUT2D eigenvalue weighted by atomic mass is 9.87. The van der Waals surface area contributed by atoms with Gasteiger partial charge in [-0.2, -0.15) is 0 Å². The summed E-state index contributed by atoms with van der Waals surface area (Å²) < 4.78 is 31.9. The first-order chi connectivity index (χ1) is 13.3. The van der Waals surface area contributed by atoms with Crippen LogP contribution in [-0.2, 0) is 21.2 Å². The summed E-state index contributed by atoms with van der Waals surface area (Å²) in [6.45, 7) is -0.249. The monoisotopic (exact) mass is 514 g/mol. The van der Waals surface area contributed by atoms with Crippen LogP contribution in [0.2, 0.25) is 0 Å². The molecule has 2 aromatic carbocycles. The number of sulfonamides is 1. The smallest absolute Gasteiger partial charge is 0.241 e. The third-order valence-corrected chi connectivity index (χ3v) is 6.66. The zero-order valence-electron chi connectivity index (χ0n) is 15.8. The van der Waals surface area contributed by atoms with E-state index in [0.717, 1.165) is 50.3 Å². The molecule has 3 rings (SSSR count). The van der Waals surface area contributed by atoms with E-state index in [0.29, 0.717) is 5.69 Å². The first kappa shape index (κ1) is 20.9. The lowest BCUT2D eigenvalue weighted by Gasteiger charge is -2.28. The van der Waals surface area contributed by atoms with Crippen molar-refractivity contribution in [1.82, 2.24) is 5.32 Å². The molecule has 1 amide bonds. The Bertz CT molecular complexity index is 961. The largest absolute Gasteiger partial charge is 0.497 e. The first-order valence-corrected chi connectivity index (χ1v) is 11.9. The van der Waals surface area contributed by atoms with Gasteiger partial charge in [-0.15, -0.1) is 0 Å². The molecule has 28 heavy (non-hydrogen) atoms. The topological polar surface area (TPSA) is 75.7 Å². The summed E-state index contributed by atoms with van der Waals surface area (Å²) in [5.74, 6) is 0.477. The fourth-order valence-electron chi connectivity index (χ4n) is 3.45. The standard InChI is InChI=1S/C20H23IN2O4S/c1-27-17-10-11-18-14(12-17)4-3-5-19(18)22-20(24)13-23(28(2,25)26)16-8-6-15(21)7-9-16/h6-12,19H,3-5,13H2,1-2H3,(H,22,24). The van der Waals surface area contributed by atoms with Crippen LogP contribution in [-0.4, -0.2) is 34.2 Å². The van der Waals surface area contributed by atoms with Crippen LogP contribution in [0.3, 0.4) is 0 Å². The number of ether oxygens (including phenoxy) is 1. The summed E-state index contributed by atoms with van der Waals surface area (Å²) in [4.78, 5) is 12.7. The third-order valence-electron chi connectivity index (χ3n) is 4.80. The predicted octanol–water partition coefficient (Wildman–Crippen LogP) is 3.26. The van der Waals surface area contributed by atoms with Crippen LogP contribution in [0.25, 0.3) is 0 Å². The second-order valence-corrected chi connectivity index (χ2v) is 9.98. The molecule has 0 fully saturated rings. The van der Waals surface area contributed by atoms with Crippen molar-refractivity contribution in [2.45, 2.75) is 25.3 Å². The van der Waals surface area contributed by atoms with Crippen LogP contribution in [0.15, 0.2) is 42.5 Å². The lowest BCUT2D eigenvalue weighted by molar-refractivity contribution is -0.120. The van der Waals surface area contributed by atoms with Crippen LogP contribution in [0.5, 0.6) is 5.75 Å². The number of benzene rings is 2. The minimum absolute atomic E-state index is 0.125. The van der Waals surface area contributed by atoms with E-state index in [4.69, 9.17) is 4.74 Å². The van der Waals surface area contributed by atoms with E-state index < -0.39 is 10.0 Å². The van der Waals surface area contributed by atoms with Crippen molar-refractivity contribution >= 4 is 44.2 Å². The molecule has 1 atom stereocenters. The summed E-state index contributed by atoms with van der Waals surface area (Å²) >= 11 is 2.15. The van der Waals surface area contributed by atoms with Gasteiger partial charge in [-0.05, 0) is 89.4 Å². The number of anilines is 1. The van der Waals surface area contributed by atoms with Gasteiger partial charge in [0.15, 0.2) is 0 Å². The highest BCUT2D eigenvalue weighted by Gasteiger charge is 2.25. The molecule has 1 N–H and O–H groups in total. The molecule has 0 saturated heterocycles. The number of fused-ring (bicyclic) bond motifs is 1. The number of halogens is 1. The highest BCUT2D eigenvalue weighted by atomic mass is 127. The number of hydrogen-bond donors (Lipinski definition) is 1. The van der Waals surface area contributed by atoms with Crippen LogP contribution < -0.4 is 14.4 Å². The summed E-state index contributed by atoms with van der Waals surface area (Å²) in [5, 5.41) is 3.01. The number of nitrogens with one attached hydrogen (secondary N) is 1. The number of methoxy groups -OCH3 is 1. The number of hydrogen-bond acceptors (Lipinski definition) is 4. The minimum Gasteiger partial charge on any atom is -0.497 e. The van der Waals surface area contributed by atoms with E-state index >= 15 is 0 Å². The molecule has 8 heteroatoms. The van der Waals surface area contributed by atoms with Crippen LogP contribution in [0.4, 0.5) is 5.69 Å². The fraction of sp³-hybridized carbons (Fsp3) is 0.350. The van der Waals surface area contributed by atoms with Gasteiger partial charge >= 0.3 is 0 Å². The van der Waals surface area contributed by atoms with Gasteiger partial charge in [-0.3, -0.25) is 9.10 Å². The maximum Gasteiger partial charge on any atom is 0.241 e. The molecular formula is C20H23IN2O4S. The SMILES string of the molecule is COc1ccc2c(c1)CCCC2NC(=O)CN(c1ccc(I)cc1)S(C)(=O)=O. The molecule has 6 nitrogen and oxygen atoms in total. The van der Waals surface area contributed by atoms with Crippen molar-refractivity contribution < 1.29 is 17.9 Å². The molecule has 2 aromatic rings. The van der Waals surface area contributed by atoms with E-state index in [1.807, 2.05) is 30.3 Å². The van der Waals surface area contributed by atoms with Crippen molar-refractivity contribution in [3.63, 3.8) is 0 Å². The van der Waals surface area contributed by atoms with E-state index in [1.165, 1.54) is 0 Å². The quantitative estimate of drug-likeness (QED) is 0.601. The Morgan fingerprint density at radius 3 is 2.61 bits per heavy atom. The molecule has 150 valence electrons. The number of carbonyl (C=O) groups excluding carboxylic acids is 1. The second-order valence-electron chi connectivity index (χ2n) is 6.82. The van der Waals surface area contributed by atoms with Gasteiger partial charge in [0.2, 0.25) is 15.9 Å². The molecule has 0 spiro atoms. The minimum atomic E-state index is -3.58. The molecule has 1 aliphatic rings. The zero-order chi connectivity index (χ0) is 20.3. The van der Waals surface area contributed by atoms with Crippen LogP contribution in [0, 0.1) is 3.57 Å². The Hall–Kier alpha value is -1.81. The van der Waals surface area contributed by atoms with E-state index in [-0.39, 0.29) is 18.5 Å². The number of carbonyl (C=O) groups is 1. The van der Waals surface area contributed by atoms with Crippen molar-refractivity contribution in [2.75, 3.05) is 24.2 Å². The van der Waals surface area contributed by atoms with Gasteiger partial charge < -0.3 is 10.1 Å². The van der Waals surface area contributed by atoms with Crippen LogP contribution >= 0.6 is 22.6 Å². The van der Waals surface area contributed by atoms with Crippen molar-refractivity contribution in [1.29, 1.82) is 0 Å². The Morgan fingerprint density at radius 2 is 1.96 bits per heavy atom. The van der Waals surface area contributed by atoms with Crippen molar-refractivity contribution in [3.8, 4) is 5.75 Å². The highest BCUT2D eigenvalue weighted by molar-refractivity contribution is 14.1. The molecule has 0 radical (unpaired) electrons. The fourth-order valence-corrected chi connectivity index (χ4v) is 4.66.